The molecule has 1 fully saturated rings. The van der Waals surface area contributed by atoms with Gasteiger partial charge in [0.15, 0.2) is 0 Å². The Balaban J connectivity index is 1.88. The van der Waals surface area contributed by atoms with Gasteiger partial charge in [-0.25, -0.2) is 4.98 Å². The molecule has 1 N–H and O–H groups in total. The third kappa shape index (κ3) is 1.78. The molecular formula is C10H15N3O. The van der Waals surface area contributed by atoms with Crippen LogP contribution in [0.4, 0.5) is 0 Å². The average molecular weight is 193 g/mol. The van der Waals surface area contributed by atoms with Crippen LogP contribution in [0, 0.1) is 5.92 Å². The van der Waals surface area contributed by atoms with Crippen molar-refractivity contribution in [3.8, 4) is 0 Å². The maximum Gasteiger partial charge on any atom is 0.225 e. The summed E-state index contributed by atoms with van der Waals surface area (Å²) in [5, 5.41) is 0. The second-order valence-electron chi connectivity index (χ2n) is 3.90. The molecule has 14 heavy (non-hydrogen) atoms. The Kier molecular flexibility index (Phi) is 2.52. The summed E-state index contributed by atoms with van der Waals surface area (Å²) in [7, 11) is 1.85. The van der Waals surface area contributed by atoms with E-state index in [9.17, 15) is 4.79 Å². The van der Waals surface area contributed by atoms with Crippen molar-refractivity contribution in [3.05, 3.63) is 18.2 Å². The van der Waals surface area contributed by atoms with Gasteiger partial charge < -0.3 is 9.88 Å². The van der Waals surface area contributed by atoms with E-state index in [-0.39, 0.29) is 11.8 Å². The normalized spacial score (nSPS) is 16.4. The van der Waals surface area contributed by atoms with E-state index < -0.39 is 0 Å². The molecule has 2 rings (SSSR count). The summed E-state index contributed by atoms with van der Waals surface area (Å²) in [6.45, 7) is 0.634. The first-order chi connectivity index (χ1) is 6.77. The Bertz CT molecular complexity index is 303. The van der Waals surface area contributed by atoms with Crippen LogP contribution in [-0.2, 0) is 11.3 Å². The first-order valence-corrected chi connectivity index (χ1v) is 4.99. The van der Waals surface area contributed by atoms with Crippen molar-refractivity contribution in [3.63, 3.8) is 0 Å². The van der Waals surface area contributed by atoms with E-state index >= 15 is 0 Å². The Hall–Kier alpha value is -1.32. The minimum absolute atomic E-state index is 0.269. The zero-order valence-electron chi connectivity index (χ0n) is 8.36. The number of carbonyl (C=O) groups excluding carboxylic acids is 1. The van der Waals surface area contributed by atoms with Crippen LogP contribution >= 0.6 is 0 Å². The number of carbonyl (C=O) groups is 1. The van der Waals surface area contributed by atoms with Crippen LogP contribution in [0.3, 0.4) is 0 Å². The van der Waals surface area contributed by atoms with E-state index in [1.54, 1.807) is 17.4 Å². The number of hydrogen-bond acceptors (Lipinski definition) is 2. The number of nitrogens with one attached hydrogen (secondary N) is 1. The number of imidazole rings is 1. The summed E-state index contributed by atoms with van der Waals surface area (Å²) in [5.74, 6) is 0.550. The third-order valence-corrected chi connectivity index (χ3v) is 2.79. The van der Waals surface area contributed by atoms with Gasteiger partial charge >= 0.3 is 0 Å². The molecule has 0 bridgehead atoms. The van der Waals surface area contributed by atoms with Crippen molar-refractivity contribution in [1.29, 1.82) is 0 Å². The van der Waals surface area contributed by atoms with Crippen LogP contribution in [0.1, 0.15) is 25.0 Å². The Morgan fingerprint density at radius 2 is 2.50 bits per heavy atom. The highest BCUT2D eigenvalue weighted by atomic mass is 16.2. The van der Waals surface area contributed by atoms with Gasteiger partial charge in [-0.15, -0.1) is 0 Å². The lowest BCUT2D eigenvalue weighted by Gasteiger charge is -2.28. The standard InChI is InChI=1S/C10H15N3O/c1-13(6-9-5-11-7-12-9)10(14)8-3-2-4-8/h5,7-8H,2-4,6H2,1H3,(H,11,12). The number of hydrogen-bond donors (Lipinski definition) is 1. The molecule has 76 valence electrons. The molecule has 0 spiro atoms. The number of aromatic amines is 1. The number of amides is 1. The molecule has 0 radical (unpaired) electrons. The second kappa shape index (κ2) is 3.82. The molecule has 1 amide bonds. The summed E-state index contributed by atoms with van der Waals surface area (Å²) in [5.41, 5.74) is 0.986. The maximum atomic E-state index is 11.7. The van der Waals surface area contributed by atoms with Crippen LogP contribution in [0.15, 0.2) is 12.5 Å². The van der Waals surface area contributed by atoms with Gasteiger partial charge in [0.1, 0.15) is 0 Å². The molecule has 1 aliphatic carbocycles. The molecule has 1 saturated carbocycles. The lowest BCUT2D eigenvalue weighted by Crippen LogP contribution is -2.35. The van der Waals surface area contributed by atoms with Crippen molar-refractivity contribution in [2.24, 2.45) is 5.92 Å². The van der Waals surface area contributed by atoms with Gasteiger partial charge in [0, 0.05) is 19.2 Å². The van der Waals surface area contributed by atoms with Gasteiger partial charge in [-0.2, -0.15) is 0 Å². The number of aromatic nitrogens is 2. The minimum atomic E-state index is 0.269. The monoisotopic (exact) mass is 193 g/mol. The topological polar surface area (TPSA) is 49.0 Å². The number of nitrogens with zero attached hydrogens (tertiary/aromatic N) is 2. The second-order valence-corrected chi connectivity index (χ2v) is 3.90. The summed E-state index contributed by atoms with van der Waals surface area (Å²) < 4.78 is 0. The quantitative estimate of drug-likeness (QED) is 0.783. The average Bonchev–Trinajstić information content (AvgIpc) is 2.53. The zero-order chi connectivity index (χ0) is 9.97. The Morgan fingerprint density at radius 1 is 1.71 bits per heavy atom. The predicted molar refractivity (Wildman–Crippen MR) is 52.4 cm³/mol. The molecule has 1 aliphatic rings. The molecule has 4 nitrogen and oxygen atoms in total. The fourth-order valence-electron chi connectivity index (χ4n) is 1.67. The van der Waals surface area contributed by atoms with Gasteiger partial charge in [-0.1, -0.05) is 6.42 Å². The lowest BCUT2D eigenvalue weighted by molar-refractivity contribution is -0.137. The summed E-state index contributed by atoms with van der Waals surface area (Å²) >= 11 is 0. The van der Waals surface area contributed by atoms with Crippen molar-refractivity contribution < 1.29 is 4.79 Å². The zero-order valence-corrected chi connectivity index (χ0v) is 8.36. The van der Waals surface area contributed by atoms with Gasteiger partial charge in [0.25, 0.3) is 0 Å². The van der Waals surface area contributed by atoms with Crippen LogP contribution in [0.5, 0.6) is 0 Å². The SMILES string of the molecule is CN(Cc1cnc[nH]1)C(=O)C1CCC1. The van der Waals surface area contributed by atoms with Crippen LogP contribution < -0.4 is 0 Å². The third-order valence-electron chi connectivity index (χ3n) is 2.79. The molecule has 4 heteroatoms. The van der Waals surface area contributed by atoms with Crippen LogP contribution in [0.25, 0.3) is 0 Å². The highest BCUT2D eigenvalue weighted by Gasteiger charge is 2.27. The van der Waals surface area contributed by atoms with Gasteiger partial charge in [-0.3, -0.25) is 4.79 Å². The maximum absolute atomic E-state index is 11.7. The highest BCUT2D eigenvalue weighted by Crippen LogP contribution is 2.28. The van der Waals surface area contributed by atoms with Crippen molar-refractivity contribution in [2.45, 2.75) is 25.8 Å². The van der Waals surface area contributed by atoms with Crippen LogP contribution in [-0.4, -0.2) is 27.8 Å². The summed E-state index contributed by atoms with van der Waals surface area (Å²) in [6, 6.07) is 0. The van der Waals surface area contributed by atoms with Crippen LogP contribution in [0.2, 0.25) is 0 Å². The van der Waals surface area contributed by atoms with Crippen molar-refractivity contribution in [1.82, 2.24) is 14.9 Å². The first kappa shape index (κ1) is 9.24. The molecular weight excluding hydrogens is 178 g/mol. The first-order valence-electron chi connectivity index (χ1n) is 4.99. The fourth-order valence-corrected chi connectivity index (χ4v) is 1.67. The molecule has 0 unspecified atom stereocenters. The predicted octanol–water partition coefficient (Wildman–Crippen LogP) is 1.17. The van der Waals surface area contributed by atoms with E-state index in [2.05, 4.69) is 9.97 Å². The van der Waals surface area contributed by atoms with Crippen molar-refractivity contribution in [2.75, 3.05) is 7.05 Å². The van der Waals surface area contributed by atoms with Gasteiger partial charge in [0.05, 0.1) is 18.6 Å². The number of H-pyrrole nitrogens is 1. The van der Waals surface area contributed by atoms with E-state index in [4.69, 9.17) is 0 Å². The summed E-state index contributed by atoms with van der Waals surface area (Å²) in [6.07, 6.45) is 6.72. The smallest absolute Gasteiger partial charge is 0.225 e. The fraction of sp³-hybridized carbons (Fsp3) is 0.600. The van der Waals surface area contributed by atoms with Gasteiger partial charge in [-0.05, 0) is 12.8 Å². The van der Waals surface area contributed by atoms with E-state index in [1.807, 2.05) is 7.05 Å². The lowest BCUT2D eigenvalue weighted by atomic mass is 9.84. The van der Waals surface area contributed by atoms with E-state index in [0.717, 1.165) is 18.5 Å². The van der Waals surface area contributed by atoms with E-state index in [0.29, 0.717) is 6.54 Å². The molecule has 0 saturated heterocycles. The summed E-state index contributed by atoms with van der Waals surface area (Å²) in [4.78, 5) is 20.4. The van der Waals surface area contributed by atoms with Crippen molar-refractivity contribution >= 4 is 5.91 Å². The van der Waals surface area contributed by atoms with E-state index in [1.165, 1.54) is 6.42 Å². The Morgan fingerprint density at radius 3 is 3.00 bits per heavy atom. The number of rotatable bonds is 3. The molecule has 0 atom stereocenters. The molecule has 1 aromatic heterocycles. The molecule has 1 heterocycles. The Labute approximate surface area is 83.3 Å². The molecule has 1 aromatic rings. The highest BCUT2D eigenvalue weighted by molar-refractivity contribution is 5.79. The molecule has 0 aliphatic heterocycles. The van der Waals surface area contributed by atoms with Gasteiger partial charge in [0.2, 0.25) is 5.91 Å². The molecule has 0 aromatic carbocycles. The minimum Gasteiger partial charge on any atom is -0.347 e. The largest absolute Gasteiger partial charge is 0.347 e.